The van der Waals surface area contributed by atoms with Gasteiger partial charge in [-0.05, 0) is 58.0 Å². The second-order valence-corrected chi connectivity index (χ2v) is 7.19. The number of ether oxygens (including phenoxy) is 1. The summed E-state index contributed by atoms with van der Waals surface area (Å²) in [6, 6.07) is 14.2. The van der Waals surface area contributed by atoms with Crippen molar-refractivity contribution in [3.63, 3.8) is 0 Å². The van der Waals surface area contributed by atoms with E-state index < -0.39 is 0 Å². The number of halogens is 1. The Morgan fingerprint density at radius 3 is 2.33 bits per heavy atom. The fourth-order valence-corrected chi connectivity index (χ4v) is 2.29. The van der Waals surface area contributed by atoms with E-state index in [9.17, 15) is 0 Å². The highest BCUT2D eigenvalue weighted by molar-refractivity contribution is 9.10. The van der Waals surface area contributed by atoms with Crippen LogP contribution >= 0.6 is 15.9 Å². The van der Waals surface area contributed by atoms with E-state index in [0.29, 0.717) is 0 Å². The summed E-state index contributed by atoms with van der Waals surface area (Å²) >= 11 is 3.53. The zero-order chi connectivity index (χ0) is 15.5. The summed E-state index contributed by atoms with van der Waals surface area (Å²) < 4.78 is 7.08. The largest absolute Gasteiger partial charge is 0.457 e. The molecule has 21 heavy (non-hydrogen) atoms. The SMILES string of the molecule is Cc1ccc(Oc2ccc(Br)cc2CNC(C)(C)C)cc1. The third kappa shape index (κ3) is 5.18. The lowest BCUT2D eigenvalue weighted by molar-refractivity contribution is 0.414. The molecule has 1 N–H and O–H groups in total. The van der Waals surface area contributed by atoms with Gasteiger partial charge in [0.25, 0.3) is 0 Å². The van der Waals surface area contributed by atoms with Crippen LogP contribution in [0.1, 0.15) is 31.9 Å². The minimum absolute atomic E-state index is 0.0729. The van der Waals surface area contributed by atoms with Crippen LogP contribution in [0.4, 0.5) is 0 Å². The van der Waals surface area contributed by atoms with Crippen LogP contribution in [0.15, 0.2) is 46.9 Å². The fraction of sp³-hybridized carbons (Fsp3) is 0.333. The molecule has 0 aliphatic rings. The van der Waals surface area contributed by atoms with E-state index in [4.69, 9.17) is 4.74 Å². The molecule has 0 atom stereocenters. The molecule has 0 saturated carbocycles. The van der Waals surface area contributed by atoms with Crippen LogP contribution in [-0.2, 0) is 6.54 Å². The number of hydrogen-bond acceptors (Lipinski definition) is 2. The molecule has 2 aromatic carbocycles. The molecule has 2 nitrogen and oxygen atoms in total. The predicted octanol–water partition coefficient (Wildman–Crippen LogP) is 5.44. The Hall–Kier alpha value is -1.32. The highest BCUT2D eigenvalue weighted by Gasteiger charge is 2.12. The monoisotopic (exact) mass is 347 g/mol. The maximum atomic E-state index is 6.02. The van der Waals surface area contributed by atoms with E-state index in [1.54, 1.807) is 0 Å². The van der Waals surface area contributed by atoms with Gasteiger partial charge in [-0.1, -0.05) is 33.6 Å². The number of nitrogens with one attached hydrogen (secondary N) is 1. The van der Waals surface area contributed by atoms with Gasteiger partial charge in [0.05, 0.1) is 0 Å². The highest BCUT2D eigenvalue weighted by atomic mass is 79.9. The maximum Gasteiger partial charge on any atom is 0.131 e. The maximum absolute atomic E-state index is 6.02. The van der Waals surface area contributed by atoms with Gasteiger partial charge in [-0.2, -0.15) is 0 Å². The second kappa shape index (κ2) is 6.63. The van der Waals surface area contributed by atoms with E-state index in [2.05, 4.69) is 67.1 Å². The Morgan fingerprint density at radius 2 is 1.71 bits per heavy atom. The Balaban J connectivity index is 2.20. The number of benzene rings is 2. The topological polar surface area (TPSA) is 21.3 Å². The Morgan fingerprint density at radius 1 is 1.05 bits per heavy atom. The lowest BCUT2D eigenvalue weighted by Gasteiger charge is -2.22. The first-order valence-electron chi connectivity index (χ1n) is 7.11. The van der Waals surface area contributed by atoms with Crippen molar-refractivity contribution in [1.29, 1.82) is 0 Å². The molecule has 0 bridgehead atoms. The Labute approximate surface area is 135 Å². The van der Waals surface area contributed by atoms with E-state index in [0.717, 1.165) is 28.1 Å². The highest BCUT2D eigenvalue weighted by Crippen LogP contribution is 2.28. The van der Waals surface area contributed by atoms with Crippen molar-refractivity contribution < 1.29 is 4.74 Å². The smallest absolute Gasteiger partial charge is 0.131 e. The van der Waals surface area contributed by atoms with Crippen LogP contribution in [0, 0.1) is 6.92 Å². The van der Waals surface area contributed by atoms with Crippen LogP contribution in [0.2, 0.25) is 0 Å². The first kappa shape index (κ1) is 16.1. The van der Waals surface area contributed by atoms with Crippen molar-refractivity contribution in [3.05, 3.63) is 58.1 Å². The van der Waals surface area contributed by atoms with Crippen molar-refractivity contribution in [2.45, 2.75) is 39.8 Å². The van der Waals surface area contributed by atoms with Gasteiger partial charge in [0.1, 0.15) is 11.5 Å². The van der Waals surface area contributed by atoms with Gasteiger partial charge in [0, 0.05) is 22.1 Å². The summed E-state index contributed by atoms with van der Waals surface area (Å²) in [5, 5.41) is 3.50. The van der Waals surface area contributed by atoms with Crippen molar-refractivity contribution in [3.8, 4) is 11.5 Å². The van der Waals surface area contributed by atoms with Crippen molar-refractivity contribution >= 4 is 15.9 Å². The summed E-state index contributed by atoms with van der Waals surface area (Å²) in [5.41, 5.74) is 2.44. The van der Waals surface area contributed by atoms with E-state index in [1.165, 1.54) is 5.56 Å². The van der Waals surface area contributed by atoms with Gasteiger partial charge in [-0.3, -0.25) is 0 Å². The second-order valence-electron chi connectivity index (χ2n) is 6.27. The molecule has 2 aromatic rings. The average molecular weight is 348 g/mol. The quantitative estimate of drug-likeness (QED) is 0.795. The molecular formula is C18H22BrNO. The molecule has 0 saturated heterocycles. The molecule has 2 rings (SSSR count). The molecule has 0 aromatic heterocycles. The van der Waals surface area contributed by atoms with E-state index in [-0.39, 0.29) is 5.54 Å². The minimum Gasteiger partial charge on any atom is -0.457 e. The van der Waals surface area contributed by atoms with E-state index >= 15 is 0 Å². The molecule has 0 amide bonds. The summed E-state index contributed by atoms with van der Waals surface area (Å²) in [5.74, 6) is 1.75. The summed E-state index contributed by atoms with van der Waals surface area (Å²) in [7, 11) is 0. The summed E-state index contributed by atoms with van der Waals surface area (Å²) in [6.45, 7) is 9.31. The molecular weight excluding hydrogens is 326 g/mol. The predicted molar refractivity (Wildman–Crippen MR) is 92.0 cm³/mol. The van der Waals surface area contributed by atoms with Crippen molar-refractivity contribution in [2.75, 3.05) is 0 Å². The molecule has 0 radical (unpaired) electrons. The summed E-state index contributed by atoms with van der Waals surface area (Å²) in [6.07, 6.45) is 0. The molecule has 0 fully saturated rings. The standard InChI is InChI=1S/C18H22BrNO/c1-13-5-8-16(9-6-13)21-17-10-7-15(19)11-14(17)12-20-18(2,3)4/h5-11,20H,12H2,1-4H3. The van der Waals surface area contributed by atoms with Crippen molar-refractivity contribution in [2.24, 2.45) is 0 Å². The number of hydrogen-bond donors (Lipinski definition) is 1. The van der Waals surface area contributed by atoms with Gasteiger partial charge < -0.3 is 10.1 Å². The number of aryl methyl sites for hydroxylation is 1. The van der Waals surface area contributed by atoms with E-state index in [1.807, 2.05) is 24.3 Å². The van der Waals surface area contributed by atoms with Gasteiger partial charge in [0.15, 0.2) is 0 Å². The third-order valence-corrected chi connectivity index (χ3v) is 3.57. The van der Waals surface area contributed by atoms with Crippen LogP contribution in [0.25, 0.3) is 0 Å². The van der Waals surface area contributed by atoms with Crippen LogP contribution in [-0.4, -0.2) is 5.54 Å². The first-order valence-corrected chi connectivity index (χ1v) is 7.91. The number of rotatable bonds is 4. The normalized spacial score (nSPS) is 11.5. The first-order chi connectivity index (χ1) is 9.83. The average Bonchev–Trinajstić information content (AvgIpc) is 2.40. The Kier molecular flexibility index (Phi) is 5.07. The van der Waals surface area contributed by atoms with Gasteiger partial charge in [0.2, 0.25) is 0 Å². The zero-order valence-corrected chi connectivity index (χ0v) is 14.6. The molecule has 0 aliphatic heterocycles. The lowest BCUT2D eigenvalue weighted by atomic mass is 10.1. The fourth-order valence-electron chi connectivity index (χ4n) is 1.88. The molecule has 3 heteroatoms. The molecule has 0 spiro atoms. The van der Waals surface area contributed by atoms with Gasteiger partial charge in [-0.25, -0.2) is 0 Å². The van der Waals surface area contributed by atoms with Gasteiger partial charge >= 0.3 is 0 Å². The Bertz CT molecular complexity index is 600. The molecule has 112 valence electrons. The van der Waals surface area contributed by atoms with Crippen LogP contribution in [0.3, 0.4) is 0 Å². The van der Waals surface area contributed by atoms with Gasteiger partial charge in [-0.15, -0.1) is 0 Å². The third-order valence-electron chi connectivity index (χ3n) is 3.08. The van der Waals surface area contributed by atoms with Crippen LogP contribution in [0.5, 0.6) is 11.5 Å². The molecule has 0 aliphatic carbocycles. The lowest BCUT2D eigenvalue weighted by Crippen LogP contribution is -2.35. The molecule has 0 unspecified atom stereocenters. The zero-order valence-electron chi connectivity index (χ0n) is 13.0. The van der Waals surface area contributed by atoms with Crippen LogP contribution < -0.4 is 10.1 Å². The summed E-state index contributed by atoms with van der Waals surface area (Å²) in [4.78, 5) is 0. The molecule has 0 heterocycles. The van der Waals surface area contributed by atoms with Crippen molar-refractivity contribution in [1.82, 2.24) is 5.32 Å². The minimum atomic E-state index is 0.0729.